The first-order valence-electron chi connectivity index (χ1n) is 6.76. The van der Waals surface area contributed by atoms with Gasteiger partial charge in [-0.05, 0) is 57.8 Å². The van der Waals surface area contributed by atoms with Gasteiger partial charge in [0, 0.05) is 13.2 Å². The minimum Gasteiger partial charge on any atom is -0.396 e. The van der Waals surface area contributed by atoms with Crippen molar-refractivity contribution in [1.29, 1.82) is 0 Å². The standard InChI is InChI=1S/C13H28N2O/c1-3-12(6-8-16)9-14-10-13-5-4-7-15(2)11-13/h12-14,16H,3-11H2,1-2H3. The summed E-state index contributed by atoms with van der Waals surface area (Å²) < 4.78 is 0. The van der Waals surface area contributed by atoms with Crippen molar-refractivity contribution in [2.45, 2.75) is 32.6 Å². The molecule has 2 N–H and O–H groups in total. The van der Waals surface area contributed by atoms with Crippen LogP contribution < -0.4 is 5.32 Å². The van der Waals surface area contributed by atoms with Crippen molar-refractivity contribution < 1.29 is 5.11 Å². The van der Waals surface area contributed by atoms with E-state index in [4.69, 9.17) is 5.11 Å². The summed E-state index contributed by atoms with van der Waals surface area (Å²) in [5, 5.41) is 12.5. The summed E-state index contributed by atoms with van der Waals surface area (Å²) in [6.07, 6.45) is 4.82. The number of piperidine rings is 1. The van der Waals surface area contributed by atoms with E-state index in [1.165, 1.54) is 25.9 Å². The maximum atomic E-state index is 8.92. The van der Waals surface area contributed by atoms with Gasteiger partial charge in [0.25, 0.3) is 0 Å². The Hall–Kier alpha value is -0.120. The minimum atomic E-state index is 0.326. The van der Waals surface area contributed by atoms with E-state index in [0.717, 1.165) is 31.8 Å². The zero-order chi connectivity index (χ0) is 11.8. The molecule has 96 valence electrons. The molecule has 1 rings (SSSR count). The number of nitrogens with one attached hydrogen (secondary N) is 1. The third kappa shape index (κ3) is 5.28. The van der Waals surface area contributed by atoms with Crippen LogP contribution in [-0.2, 0) is 0 Å². The van der Waals surface area contributed by atoms with Gasteiger partial charge in [0.15, 0.2) is 0 Å². The van der Waals surface area contributed by atoms with E-state index in [1.54, 1.807) is 0 Å². The first-order valence-corrected chi connectivity index (χ1v) is 6.76. The molecule has 1 fully saturated rings. The van der Waals surface area contributed by atoms with Gasteiger partial charge < -0.3 is 15.3 Å². The number of rotatable bonds is 7. The molecule has 0 spiro atoms. The monoisotopic (exact) mass is 228 g/mol. The molecular formula is C13H28N2O. The predicted octanol–water partition coefficient (Wildman–Crippen LogP) is 1.33. The Labute approximate surface area is 100 Å². The molecule has 2 unspecified atom stereocenters. The number of likely N-dealkylation sites (tertiary alicyclic amines) is 1. The molecule has 0 amide bonds. The summed E-state index contributed by atoms with van der Waals surface area (Å²) in [4.78, 5) is 2.43. The van der Waals surface area contributed by atoms with Crippen LogP contribution in [0.4, 0.5) is 0 Å². The van der Waals surface area contributed by atoms with E-state index >= 15 is 0 Å². The molecular weight excluding hydrogens is 200 g/mol. The molecule has 1 saturated heterocycles. The van der Waals surface area contributed by atoms with Gasteiger partial charge in [0.1, 0.15) is 0 Å². The quantitative estimate of drug-likeness (QED) is 0.690. The average Bonchev–Trinajstić information content (AvgIpc) is 2.28. The highest BCUT2D eigenvalue weighted by atomic mass is 16.3. The summed E-state index contributed by atoms with van der Waals surface area (Å²) in [5.74, 6) is 1.47. The first kappa shape index (κ1) is 13.9. The van der Waals surface area contributed by atoms with E-state index in [0.29, 0.717) is 12.5 Å². The third-order valence-corrected chi connectivity index (χ3v) is 3.70. The van der Waals surface area contributed by atoms with Crippen LogP contribution in [0.1, 0.15) is 32.6 Å². The Balaban J connectivity index is 2.09. The van der Waals surface area contributed by atoms with Crippen LogP contribution in [0, 0.1) is 11.8 Å². The van der Waals surface area contributed by atoms with Crippen molar-refractivity contribution >= 4 is 0 Å². The number of aliphatic hydroxyl groups is 1. The number of nitrogens with zero attached hydrogens (tertiary/aromatic N) is 1. The maximum Gasteiger partial charge on any atom is 0.0434 e. The molecule has 3 nitrogen and oxygen atoms in total. The van der Waals surface area contributed by atoms with Gasteiger partial charge in [-0.25, -0.2) is 0 Å². The number of aliphatic hydroxyl groups excluding tert-OH is 1. The van der Waals surface area contributed by atoms with Gasteiger partial charge in [0.2, 0.25) is 0 Å². The fourth-order valence-corrected chi connectivity index (χ4v) is 2.56. The van der Waals surface area contributed by atoms with Gasteiger partial charge in [-0.3, -0.25) is 0 Å². The molecule has 3 heteroatoms. The smallest absolute Gasteiger partial charge is 0.0434 e. The second kappa shape index (κ2) is 8.04. The van der Waals surface area contributed by atoms with Crippen LogP contribution in [0.5, 0.6) is 0 Å². The van der Waals surface area contributed by atoms with Gasteiger partial charge in [-0.2, -0.15) is 0 Å². The zero-order valence-corrected chi connectivity index (χ0v) is 10.9. The van der Waals surface area contributed by atoms with Gasteiger partial charge in [0.05, 0.1) is 0 Å². The summed E-state index contributed by atoms with van der Waals surface area (Å²) in [6, 6.07) is 0. The molecule has 2 atom stereocenters. The predicted molar refractivity (Wildman–Crippen MR) is 68.6 cm³/mol. The first-order chi connectivity index (χ1) is 7.76. The highest BCUT2D eigenvalue weighted by Gasteiger charge is 2.16. The summed E-state index contributed by atoms with van der Waals surface area (Å²) >= 11 is 0. The molecule has 16 heavy (non-hydrogen) atoms. The Morgan fingerprint density at radius 3 is 2.94 bits per heavy atom. The lowest BCUT2D eigenvalue weighted by Crippen LogP contribution is -2.38. The highest BCUT2D eigenvalue weighted by Crippen LogP contribution is 2.14. The Kier molecular flexibility index (Phi) is 7.01. The van der Waals surface area contributed by atoms with E-state index in [1.807, 2.05) is 0 Å². The molecule has 0 bridgehead atoms. The largest absolute Gasteiger partial charge is 0.396 e. The van der Waals surface area contributed by atoms with Crippen LogP contribution in [0.25, 0.3) is 0 Å². The van der Waals surface area contributed by atoms with Crippen molar-refractivity contribution in [2.24, 2.45) is 11.8 Å². The van der Waals surface area contributed by atoms with E-state index < -0.39 is 0 Å². The molecule has 0 aromatic rings. The highest BCUT2D eigenvalue weighted by molar-refractivity contribution is 4.73. The van der Waals surface area contributed by atoms with Gasteiger partial charge in [-0.15, -0.1) is 0 Å². The second-order valence-corrected chi connectivity index (χ2v) is 5.22. The molecule has 0 aliphatic carbocycles. The lowest BCUT2D eigenvalue weighted by atomic mass is 9.97. The van der Waals surface area contributed by atoms with E-state index in [2.05, 4.69) is 24.2 Å². The Bertz CT molecular complexity index is 175. The fourth-order valence-electron chi connectivity index (χ4n) is 2.56. The molecule has 1 aliphatic rings. The van der Waals surface area contributed by atoms with E-state index in [9.17, 15) is 0 Å². The fraction of sp³-hybridized carbons (Fsp3) is 1.00. The minimum absolute atomic E-state index is 0.326. The lowest BCUT2D eigenvalue weighted by molar-refractivity contribution is 0.201. The molecule has 0 aromatic heterocycles. The molecule has 1 heterocycles. The summed E-state index contributed by atoms with van der Waals surface area (Å²) in [7, 11) is 2.22. The Morgan fingerprint density at radius 2 is 2.31 bits per heavy atom. The van der Waals surface area contributed by atoms with Crippen LogP contribution in [0.15, 0.2) is 0 Å². The topological polar surface area (TPSA) is 35.5 Å². The van der Waals surface area contributed by atoms with Crippen molar-refractivity contribution in [1.82, 2.24) is 10.2 Å². The molecule has 0 saturated carbocycles. The third-order valence-electron chi connectivity index (χ3n) is 3.70. The van der Waals surface area contributed by atoms with Gasteiger partial charge in [-0.1, -0.05) is 13.3 Å². The molecule has 0 radical (unpaired) electrons. The average molecular weight is 228 g/mol. The van der Waals surface area contributed by atoms with Crippen molar-refractivity contribution in [2.75, 3.05) is 39.8 Å². The Morgan fingerprint density at radius 1 is 1.50 bits per heavy atom. The van der Waals surface area contributed by atoms with Crippen LogP contribution in [-0.4, -0.2) is 49.8 Å². The lowest BCUT2D eigenvalue weighted by Gasteiger charge is -2.30. The summed E-state index contributed by atoms with van der Waals surface area (Å²) in [6.45, 7) is 7.24. The normalized spacial score (nSPS) is 24.6. The molecule has 0 aromatic carbocycles. The summed E-state index contributed by atoms with van der Waals surface area (Å²) in [5.41, 5.74) is 0. The zero-order valence-electron chi connectivity index (χ0n) is 10.9. The van der Waals surface area contributed by atoms with Crippen LogP contribution >= 0.6 is 0 Å². The number of hydrogen-bond acceptors (Lipinski definition) is 3. The number of hydrogen-bond donors (Lipinski definition) is 2. The van der Waals surface area contributed by atoms with Crippen molar-refractivity contribution in [3.8, 4) is 0 Å². The van der Waals surface area contributed by atoms with Crippen molar-refractivity contribution in [3.63, 3.8) is 0 Å². The van der Waals surface area contributed by atoms with Crippen molar-refractivity contribution in [3.05, 3.63) is 0 Å². The maximum absolute atomic E-state index is 8.92. The molecule has 1 aliphatic heterocycles. The SMILES string of the molecule is CCC(CCO)CNCC1CCCN(C)C1. The van der Waals surface area contributed by atoms with Gasteiger partial charge >= 0.3 is 0 Å². The van der Waals surface area contributed by atoms with E-state index in [-0.39, 0.29) is 0 Å². The van der Waals surface area contributed by atoms with Crippen LogP contribution in [0.3, 0.4) is 0 Å². The van der Waals surface area contributed by atoms with Crippen LogP contribution in [0.2, 0.25) is 0 Å². The second-order valence-electron chi connectivity index (χ2n) is 5.22.